The number of hydrogen-bond acceptors (Lipinski definition) is 3. The van der Waals surface area contributed by atoms with Gasteiger partial charge in [-0.3, -0.25) is 4.98 Å². The molecule has 2 aromatic heterocycles. The van der Waals surface area contributed by atoms with Gasteiger partial charge in [-0.25, -0.2) is 4.98 Å². The average Bonchev–Trinajstić information content (AvgIpc) is 2.30. The van der Waals surface area contributed by atoms with E-state index < -0.39 is 0 Å². The van der Waals surface area contributed by atoms with Crippen LogP contribution >= 0.6 is 0 Å². The molecule has 0 bridgehead atoms. The number of aryl methyl sites for hydroxylation is 2. The maximum atomic E-state index is 9.03. The van der Waals surface area contributed by atoms with E-state index in [1.165, 1.54) is 0 Å². The highest BCUT2D eigenvalue weighted by atomic mass is 14.7. The minimum atomic E-state index is 0.507. The number of nitriles is 1. The molecule has 0 fully saturated rings. The SMILES string of the molecule is CCCc1c(C#N)ncc2ccc(C)nc12. The monoisotopic (exact) mass is 211 g/mol. The molecule has 0 aliphatic rings. The Hall–Kier alpha value is -1.95. The zero-order chi connectivity index (χ0) is 11.5. The third kappa shape index (κ3) is 1.74. The molecule has 0 aliphatic carbocycles. The van der Waals surface area contributed by atoms with E-state index in [1.807, 2.05) is 19.1 Å². The zero-order valence-corrected chi connectivity index (χ0v) is 9.49. The van der Waals surface area contributed by atoms with E-state index in [0.717, 1.165) is 35.0 Å². The van der Waals surface area contributed by atoms with Crippen molar-refractivity contribution in [2.24, 2.45) is 0 Å². The first kappa shape index (κ1) is 10.6. The lowest BCUT2D eigenvalue weighted by Gasteiger charge is -2.06. The molecule has 3 nitrogen and oxygen atoms in total. The second-order valence-electron chi connectivity index (χ2n) is 3.84. The molecular weight excluding hydrogens is 198 g/mol. The third-order valence-electron chi connectivity index (χ3n) is 2.58. The van der Waals surface area contributed by atoms with Crippen molar-refractivity contribution in [3.8, 4) is 6.07 Å². The van der Waals surface area contributed by atoms with Gasteiger partial charge in [0, 0.05) is 22.8 Å². The van der Waals surface area contributed by atoms with E-state index in [0.29, 0.717) is 5.69 Å². The van der Waals surface area contributed by atoms with E-state index >= 15 is 0 Å². The van der Waals surface area contributed by atoms with E-state index in [9.17, 15) is 0 Å². The summed E-state index contributed by atoms with van der Waals surface area (Å²) in [7, 11) is 0. The highest BCUT2D eigenvalue weighted by Gasteiger charge is 2.09. The van der Waals surface area contributed by atoms with Crippen molar-refractivity contribution < 1.29 is 0 Å². The molecule has 0 amide bonds. The van der Waals surface area contributed by atoms with Gasteiger partial charge in [0.2, 0.25) is 0 Å². The van der Waals surface area contributed by atoms with Crippen molar-refractivity contribution >= 4 is 10.9 Å². The molecule has 0 unspecified atom stereocenters. The summed E-state index contributed by atoms with van der Waals surface area (Å²) in [4.78, 5) is 8.68. The summed E-state index contributed by atoms with van der Waals surface area (Å²) in [5.74, 6) is 0. The molecular formula is C13H13N3. The molecule has 16 heavy (non-hydrogen) atoms. The predicted molar refractivity (Wildman–Crippen MR) is 63.0 cm³/mol. The molecule has 80 valence electrons. The fraction of sp³-hybridized carbons (Fsp3) is 0.308. The maximum Gasteiger partial charge on any atom is 0.145 e. The van der Waals surface area contributed by atoms with Crippen LogP contribution < -0.4 is 0 Å². The topological polar surface area (TPSA) is 49.6 Å². The average molecular weight is 211 g/mol. The largest absolute Gasteiger partial charge is 0.253 e. The fourth-order valence-electron chi connectivity index (χ4n) is 1.82. The lowest BCUT2D eigenvalue weighted by atomic mass is 10.0. The van der Waals surface area contributed by atoms with Gasteiger partial charge in [0.1, 0.15) is 11.8 Å². The van der Waals surface area contributed by atoms with Crippen molar-refractivity contribution in [1.82, 2.24) is 9.97 Å². The van der Waals surface area contributed by atoms with Gasteiger partial charge in [0.25, 0.3) is 0 Å². The van der Waals surface area contributed by atoms with Gasteiger partial charge < -0.3 is 0 Å². The van der Waals surface area contributed by atoms with Gasteiger partial charge in [-0.2, -0.15) is 5.26 Å². The molecule has 3 heteroatoms. The smallest absolute Gasteiger partial charge is 0.145 e. The van der Waals surface area contributed by atoms with Crippen LogP contribution in [0.4, 0.5) is 0 Å². The molecule has 0 spiro atoms. The normalized spacial score (nSPS) is 10.3. The summed E-state index contributed by atoms with van der Waals surface area (Å²) in [6, 6.07) is 6.11. The quantitative estimate of drug-likeness (QED) is 0.767. The zero-order valence-electron chi connectivity index (χ0n) is 9.49. The molecule has 2 aromatic rings. The first-order valence-electron chi connectivity index (χ1n) is 5.41. The van der Waals surface area contributed by atoms with Crippen LogP contribution in [0.2, 0.25) is 0 Å². The molecule has 0 atom stereocenters. The first-order chi connectivity index (χ1) is 7.76. The molecule has 2 heterocycles. The van der Waals surface area contributed by atoms with Gasteiger partial charge >= 0.3 is 0 Å². The van der Waals surface area contributed by atoms with Crippen LogP contribution in [0.3, 0.4) is 0 Å². The molecule has 0 aromatic carbocycles. The highest BCUT2D eigenvalue weighted by molar-refractivity contribution is 5.82. The number of hydrogen-bond donors (Lipinski definition) is 0. The fourth-order valence-corrected chi connectivity index (χ4v) is 1.82. The third-order valence-corrected chi connectivity index (χ3v) is 2.58. The van der Waals surface area contributed by atoms with Crippen LogP contribution in [0.25, 0.3) is 10.9 Å². The van der Waals surface area contributed by atoms with Crippen LogP contribution in [0.5, 0.6) is 0 Å². The van der Waals surface area contributed by atoms with E-state index in [-0.39, 0.29) is 0 Å². The Bertz CT molecular complexity index is 567. The molecule has 0 N–H and O–H groups in total. The Morgan fingerprint density at radius 1 is 1.38 bits per heavy atom. The van der Waals surface area contributed by atoms with Gasteiger partial charge in [-0.15, -0.1) is 0 Å². The lowest BCUT2D eigenvalue weighted by molar-refractivity contribution is 0.913. The summed E-state index contributed by atoms with van der Waals surface area (Å²) in [6.07, 6.45) is 3.56. The summed E-state index contributed by atoms with van der Waals surface area (Å²) >= 11 is 0. The van der Waals surface area contributed by atoms with Crippen LogP contribution in [0, 0.1) is 18.3 Å². The van der Waals surface area contributed by atoms with Crippen molar-refractivity contribution in [3.05, 3.63) is 35.3 Å². The maximum absolute atomic E-state index is 9.03. The second kappa shape index (κ2) is 4.28. The van der Waals surface area contributed by atoms with Gasteiger partial charge in [0.15, 0.2) is 0 Å². The Morgan fingerprint density at radius 3 is 2.88 bits per heavy atom. The van der Waals surface area contributed by atoms with Crippen LogP contribution in [-0.4, -0.2) is 9.97 Å². The molecule has 0 aliphatic heterocycles. The molecule has 2 rings (SSSR count). The highest BCUT2D eigenvalue weighted by Crippen LogP contribution is 2.20. The Morgan fingerprint density at radius 2 is 2.19 bits per heavy atom. The molecule has 0 radical (unpaired) electrons. The predicted octanol–water partition coefficient (Wildman–Crippen LogP) is 2.76. The lowest BCUT2D eigenvalue weighted by Crippen LogP contribution is -1.98. The number of fused-ring (bicyclic) bond motifs is 1. The molecule has 0 saturated carbocycles. The van der Waals surface area contributed by atoms with Crippen molar-refractivity contribution in [2.45, 2.75) is 26.7 Å². The van der Waals surface area contributed by atoms with E-state index in [4.69, 9.17) is 5.26 Å². The van der Waals surface area contributed by atoms with E-state index in [2.05, 4.69) is 23.0 Å². The second-order valence-corrected chi connectivity index (χ2v) is 3.84. The Balaban J connectivity index is 2.77. The first-order valence-corrected chi connectivity index (χ1v) is 5.41. The standard InChI is InChI=1S/C13H13N3/c1-3-4-11-12(7-14)15-8-10-6-5-9(2)16-13(10)11/h5-6,8H,3-4H2,1-2H3. The number of rotatable bonds is 2. The minimum Gasteiger partial charge on any atom is -0.253 e. The van der Waals surface area contributed by atoms with E-state index in [1.54, 1.807) is 6.20 Å². The van der Waals surface area contributed by atoms with Crippen LogP contribution in [-0.2, 0) is 6.42 Å². The minimum absolute atomic E-state index is 0.507. The summed E-state index contributed by atoms with van der Waals surface area (Å²) in [5.41, 5.74) is 3.38. The summed E-state index contributed by atoms with van der Waals surface area (Å²) < 4.78 is 0. The number of aromatic nitrogens is 2. The van der Waals surface area contributed by atoms with Crippen LogP contribution in [0.1, 0.15) is 30.3 Å². The van der Waals surface area contributed by atoms with Gasteiger partial charge in [-0.1, -0.05) is 13.3 Å². The Labute approximate surface area is 94.8 Å². The number of nitrogens with zero attached hydrogens (tertiary/aromatic N) is 3. The van der Waals surface area contributed by atoms with Crippen molar-refractivity contribution in [2.75, 3.05) is 0 Å². The molecule has 0 saturated heterocycles. The van der Waals surface area contributed by atoms with Crippen LogP contribution in [0.15, 0.2) is 18.3 Å². The Kier molecular flexibility index (Phi) is 2.82. The van der Waals surface area contributed by atoms with Crippen molar-refractivity contribution in [1.29, 1.82) is 5.26 Å². The summed E-state index contributed by atoms with van der Waals surface area (Å²) in [6.45, 7) is 4.05. The number of pyridine rings is 2. The summed E-state index contributed by atoms with van der Waals surface area (Å²) in [5, 5.41) is 10.0. The van der Waals surface area contributed by atoms with Gasteiger partial charge in [0.05, 0.1) is 5.52 Å². The van der Waals surface area contributed by atoms with Gasteiger partial charge in [-0.05, 0) is 25.5 Å². The van der Waals surface area contributed by atoms with Crippen molar-refractivity contribution in [3.63, 3.8) is 0 Å².